The Kier molecular flexibility index (Phi) is 4.43. The number of benzene rings is 1. The van der Waals surface area contributed by atoms with Gasteiger partial charge in [-0.05, 0) is 25.8 Å². The maximum absolute atomic E-state index is 12.1. The Morgan fingerprint density at radius 3 is 2.89 bits per heavy atom. The smallest absolute Gasteiger partial charge is 0.255 e. The number of rotatable bonds is 5. The Bertz CT molecular complexity index is 459. The summed E-state index contributed by atoms with van der Waals surface area (Å²) in [6.07, 6.45) is 1.60. The minimum absolute atomic E-state index is 0.101. The van der Waals surface area contributed by atoms with Crippen LogP contribution in [0.25, 0.3) is 0 Å². The number of fused-ring (bicyclic) bond motifs is 1. The summed E-state index contributed by atoms with van der Waals surface area (Å²) in [6, 6.07) is 5.72. The van der Waals surface area contributed by atoms with Crippen LogP contribution in [-0.4, -0.2) is 30.3 Å². The minimum atomic E-state index is -0.101. The van der Waals surface area contributed by atoms with Gasteiger partial charge < -0.3 is 15.2 Å². The van der Waals surface area contributed by atoms with Gasteiger partial charge >= 0.3 is 0 Å². The summed E-state index contributed by atoms with van der Waals surface area (Å²) >= 11 is 0. The highest BCUT2D eigenvalue weighted by Gasteiger charge is 2.30. The fourth-order valence-corrected chi connectivity index (χ4v) is 2.30. The van der Waals surface area contributed by atoms with Crippen molar-refractivity contribution < 1.29 is 14.6 Å². The summed E-state index contributed by atoms with van der Waals surface area (Å²) in [6.45, 7) is 4.87. The van der Waals surface area contributed by atoms with Crippen molar-refractivity contribution in [3.63, 3.8) is 0 Å². The number of amides is 1. The van der Waals surface area contributed by atoms with Gasteiger partial charge in [-0.2, -0.15) is 0 Å². The fraction of sp³-hybridized carbons (Fsp3) is 0.533. The average Bonchev–Trinajstić information content (AvgIpc) is 2.70. The van der Waals surface area contributed by atoms with Gasteiger partial charge in [0.25, 0.3) is 5.91 Å². The third-order valence-electron chi connectivity index (χ3n) is 3.66. The monoisotopic (exact) mass is 263 g/mol. The van der Waals surface area contributed by atoms with Gasteiger partial charge in [-0.3, -0.25) is 4.79 Å². The normalized spacial score (nSPS) is 20.8. The molecule has 4 heteroatoms. The standard InChI is InChI=1S/C15H21NO3/c1-10-11(2)19-14-12(10)6-5-7-13(14)15(18)16-8-3-4-9-17/h5-7,10-11,17H,3-4,8-9H2,1-2H3,(H,16,18). The molecule has 2 rings (SSSR count). The van der Waals surface area contributed by atoms with Crippen molar-refractivity contribution in [1.29, 1.82) is 0 Å². The van der Waals surface area contributed by atoms with Crippen LogP contribution >= 0.6 is 0 Å². The second kappa shape index (κ2) is 6.06. The van der Waals surface area contributed by atoms with Crippen molar-refractivity contribution in [3.8, 4) is 5.75 Å². The van der Waals surface area contributed by atoms with Gasteiger partial charge in [-0.15, -0.1) is 0 Å². The number of carbonyl (C=O) groups excluding carboxylic acids is 1. The van der Waals surface area contributed by atoms with E-state index in [0.29, 0.717) is 24.4 Å². The van der Waals surface area contributed by atoms with E-state index in [9.17, 15) is 4.79 Å². The first-order valence-electron chi connectivity index (χ1n) is 6.83. The molecule has 0 saturated carbocycles. The molecular formula is C15H21NO3. The Hall–Kier alpha value is -1.55. The number of carbonyl (C=O) groups is 1. The molecule has 1 aromatic carbocycles. The first kappa shape index (κ1) is 13.9. The molecular weight excluding hydrogens is 242 g/mol. The molecule has 0 aliphatic carbocycles. The maximum Gasteiger partial charge on any atom is 0.255 e. The number of nitrogens with one attached hydrogen (secondary N) is 1. The highest BCUT2D eigenvalue weighted by Crippen LogP contribution is 2.40. The van der Waals surface area contributed by atoms with Crippen LogP contribution in [-0.2, 0) is 0 Å². The highest BCUT2D eigenvalue weighted by atomic mass is 16.5. The molecule has 0 spiro atoms. The van der Waals surface area contributed by atoms with Gasteiger partial charge in [0.05, 0.1) is 5.56 Å². The summed E-state index contributed by atoms with van der Waals surface area (Å²) < 4.78 is 5.80. The highest BCUT2D eigenvalue weighted by molar-refractivity contribution is 5.97. The zero-order chi connectivity index (χ0) is 13.8. The van der Waals surface area contributed by atoms with Crippen LogP contribution in [0.15, 0.2) is 18.2 Å². The molecule has 104 valence electrons. The quantitative estimate of drug-likeness (QED) is 0.800. The number of hydrogen-bond acceptors (Lipinski definition) is 3. The van der Waals surface area contributed by atoms with Gasteiger partial charge in [-0.1, -0.05) is 19.1 Å². The largest absolute Gasteiger partial charge is 0.489 e. The molecule has 2 unspecified atom stereocenters. The third-order valence-corrected chi connectivity index (χ3v) is 3.66. The molecule has 1 amide bonds. The van der Waals surface area contributed by atoms with E-state index in [1.165, 1.54) is 0 Å². The molecule has 0 bridgehead atoms. The van der Waals surface area contributed by atoms with Crippen molar-refractivity contribution in [2.45, 2.75) is 38.7 Å². The van der Waals surface area contributed by atoms with Gasteiger partial charge in [0, 0.05) is 24.6 Å². The Balaban J connectivity index is 2.07. The third kappa shape index (κ3) is 2.89. The van der Waals surface area contributed by atoms with Crippen molar-refractivity contribution in [2.75, 3.05) is 13.2 Å². The summed E-state index contributed by atoms with van der Waals surface area (Å²) in [4.78, 5) is 12.1. The van der Waals surface area contributed by atoms with E-state index in [4.69, 9.17) is 9.84 Å². The van der Waals surface area contributed by atoms with E-state index in [-0.39, 0.29) is 18.6 Å². The Labute approximate surface area is 113 Å². The molecule has 1 aliphatic rings. The number of aliphatic hydroxyl groups is 1. The van der Waals surface area contributed by atoms with E-state index in [1.807, 2.05) is 19.1 Å². The topological polar surface area (TPSA) is 58.6 Å². The van der Waals surface area contributed by atoms with Gasteiger partial charge in [0.2, 0.25) is 0 Å². The summed E-state index contributed by atoms with van der Waals surface area (Å²) in [5.41, 5.74) is 1.72. The van der Waals surface area contributed by atoms with Crippen LogP contribution in [0.1, 0.15) is 48.5 Å². The van der Waals surface area contributed by atoms with Crippen LogP contribution in [0.2, 0.25) is 0 Å². The lowest BCUT2D eigenvalue weighted by Crippen LogP contribution is -2.25. The Morgan fingerprint density at radius 2 is 2.16 bits per heavy atom. The van der Waals surface area contributed by atoms with Crippen LogP contribution in [0.4, 0.5) is 0 Å². The summed E-state index contributed by atoms with van der Waals surface area (Å²) in [5, 5.41) is 11.6. The SMILES string of the molecule is CC1Oc2c(C(=O)NCCCCO)cccc2C1C. The predicted molar refractivity (Wildman–Crippen MR) is 73.6 cm³/mol. The number of ether oxygens (including phenoxy) is 1. The summed E-state index contributed by atoms with van der Waals surface area (Å²) in [7, 11) is 0. The number of para-hydroxylation sites is 1. The van der Waals surface area contributed by atoms with Crippen LogP contribution in [0.5, 0.6) is 5.75 Å². The van der Waals surface area contributed by atoms with Crippen molar-refractivity contribution in [1.82, 2.24) is 5.32 Å². The molecule has 1 aliphatic heterocycles. The van der Waals surface area contributed by atoms with Crippen molar-refractivity contribution in [3.05, 3.63) is 29.3 Å². The van der Waals surface area contributed by atoms with Crippen LogP contribution in [0, 0.1) is 0 Å². The molecule has 4 nitrogen and oxygen atoms in total. The van der Waals surface area contributed by atoms with E-state index in [2.05, 4.69) is 12.2 Å². The van der Waals surface area contributed by atoms with Crippen molar-refractivity contribution in [2.24, 2.45) is 0 Å². The second-order valence-electron chi connectivity index (χ2n) is 5.02. The van der Waals surface area contributed by atoms with E-state index in [1.54, 1.807) is 6.07 Å². The molecule has 1 heterocycles. The molecule has 19 heavy (non-hydrogen) atoms. The zero-order valence-electron chi connectivity index (χ0n) is 11.5. The lowest BCUT2D eigenvalue weighted by Gasteiger charge is -2.09. The summed E-state index contributed by atoms with van der Waals surface area (Å²) in [5.74, 6) is 0.940. The molecule has 0 fully saturated rings. The molecule has 0 saturated heterocycles. The maximum atomic E-state index is 12.1. The molecule has 0 aromatic heterocycles. The molecule has 0 radical (unpaired) electrons. The Morgan fingerprint density at radius 1 is 1.37 bits per heavy atom. The van der Waals surface area contributed by atoms with E-state index < -0.39 is 0 Å². The number of aliphatic hydroxyl groups excluding tert-OH is 1. The minimum Gasteiger partial charge on any atom is -0.489 e. The van der Waals surface area contributed by atoms with Crippen molar-refractivity contribution >= 4 is 5.91 Å². The fourth-order valence-electron chi connectivity index (χ4n) is 2.30. The van der Waals surface area contributed by atoms with Gasteiger partial charge in [-0.25, -0.2) is 0 Å². The predicted octanol–water partition coefficient (Wildman–Crippen LogP) is 2.07. The molecule has 2 atom stereocenters. The number of unbranched alkanes of at least 4 members (excludes halogenated alkanes) is 1. The average molecular weight is 263 g/mol. The van der Waals surface area contributed by atoms with Crippen LogP contribution < -0.4 is 10.1 Å². The lowest BCUT2D eigenvalue weighted by atomic mass is 9.97. The second-order valence-corrected chi connectivity index (χ2v) is 5.02. The van der Waals surface area contributed by atoms with E-state index in [0.717, 1.165) is 17.7 Å². The molecule has 1 aromatic rings. The zero-order valence-corrected chi connectivity index (χ0v) is 11.5. The molecule has 2 N–H and O–H groups in total. The first-order valence-corrected chi connectivity index (χ1v) is 6.83. The van der Waals surface area contributed by atoms with E-state index >= 15 is 0 Å². The first-order chi connectivity index (χ1) is 9.15. The lowest BCUT2D eigenvalue weighted by molar-refractivity contribution is 0.0947. The van der Waals surface area contributed by atoms with Gasteiger partial charge in [0.15, 0.2) is 0 Å². The van der Waals surface area contributed by atoms with Crippen LogP contribution in [0.3, 0.4) is 0 Å². The van der Waals surface area contributed by atoms with Gasteiger partial charge in [0.1, 0.15) is 11.9 Å². The number of hydrogen-bond donors (Lipinski definition) is 2.